The van der Waals surface area contributed by atoms with E-state index < -0.39 is 11.7 Å². The lowest BCUT2D eigenvalue weighted by Crippen LogP contribution is -2.20. The molecule has 0 spiro atoms. The predicted octanol–water partition coefficient (Wildman–Crippen LogP) is 3.17. The van der Waals surface area contributed by atoms with Crippen molar-refractivity contribution in [1.82, 2.24) is 20.2 Å². The number of nitrogens with zero attached hydrogens (tertiary/aromatic N) is 5. The van der Waals surface area contributed by atoms with E-state index >= 15 is 0 Å². The minimum absolute atomic E-state index is 0.244. The zero-order valence-electron chi connectivity index (χ0n) is 14.9. The second-order valence-electron chi connectivity index (χ2n) is 6.11. The minimum atomic E-state index is -4.33. The van der Waals surface area contributed by atoms with Gasteiger partial charge in [-0.3, -0.25) is 0 Å². The number of rotatable bonds is 7. The molecule has 0 saturated carbocycles. The van der Waals surface area contributed by atoms with Crippen LogP contribution in [0.15, 0.2) is 12.1 Å². The van der Waals surface area contributed by atoms with Crippen LogP contribution in [0.5, 0.6) is 0 Å². The summed E-state index contributed by atoms with van der Waals surface area (Å²) in [6.07, 6.45) is -2.65. The summed E-state index contributed by atoms with van der Waals surface area (Å²) in [5.74, 6) is 0.555. The van der Waals surface area contributed by atoms with E-state index in [1.165, 1.54) is 17.8 Å². The number of unbranched alkanes of at least 4 members (excludes halogenated alkanes) is 1. The van der Waals surface area contributed by atoms with Crippen LogP contribution in [0.4, 0.5) is 24.8 Å². The Hall–Kier alpha value is -2.32. The number of halogens is 3. The van der Waals surface area contributed by atoms with Gasteiger partial charge in [0.25, 0.3) is 5.95 Å². The summed E-state index contributed by atoms with van der Waals surface area (Å²) in [6, 6.07) is 2.76. The molecule has 2 rings (SSSR count). The van der Waals surface area contributed by atoms with E-state index in [9.17, 15) is 13.2 Å². The number of anilines is 2. The Morgan fingerprint density at radius 3 is 2.48 bits per heavy atom. The summed E-state index contributed by atoms with van der Waals surface area (Å²) < 4.78 is 39.0. The fourth-order valence-corrected chi connectivity index (χ4v) is 2.57. The molecule has 0 fully saturated rings. The van der Waals surface area contributed by atoms with Crippen LogP contribution in [-0.4, -0.2) is 40.3 Å². The molecule has 0 radical (unpaired) electrons. The highest BCUT2D eigenvalue weighted by molar-refractivity contribution is 5.55. The summed E-state index contributed by atoms with van der Waals surface area (Å²) in [5.41, 5.74) is 0.996. The van der Waals surface area contributed by atoms with Gasteiger partial charge in [0.1, 0.15) is 0 Å². The molecule has 6 nitrogen and oxygen atoms in total. The summed E-state index contributed by atoms with van der Waals surface area (Å²) in [7, 11) is 3.58. The van der Waals surface area contributed by atoms with Gasteiger partial charge in [0.2, 0.25) is 0 Å². The van der Waals surface area contributed by atoms with Crippen LogP contribution in [-0.2, 0) is 13.2 Å². The third-order valence-corrected chi connectivity index (χ3v) is 3.95. The van der Waals surface area contributed by atoms with Crippen LogP contribution in [0.25, 0.3) is 0 Å². The molecule has 0 atom stereocenters. The standard InChI is InChI=1S/C16H23F3N6/c1-11-9-12(2)14(10-13(11)16(17,18)19)20-7-5-6-8-24(3)15-21-23-25(4)22-15/h9-10,20H,5-8H2,1-4H3. The smallest absolute Gasteiger partial charge is 0.385 e. The number of tetrazole rings is 1. The first-order valence-corrected chi connectivity index (χ1v) is 8.06. The fraction of sp³-hybridized carbons (Fsp3) is 0.562. The van der Waals surface area contributed by atoms with Gasteiger partial charge in [-0.15, -0.1) is 5.10 Å². The molecule has 25 heavy (non-hydrogen) atoms. The van der Waals surface area contributed by atoms with Crippen molar-refractivity contribution in [3.63, 3.8) is 0 Å². The summed E-state index contributed by atoms with van der Waals surface area (Å²) in [6.45, 7) is 4.63. The molecule has 1 aromatic heterocycles. The normalized spacial score (nSPS) is 11.6. The molecule has 1 aromatic carbocycles. The lowest BCUT2D eigenvalue weighted by molar-refractivity contribution is -0.138. The van der Waals surface area contributed by atoms with Crippen molar-refractivity contribution in [3.05, 3.63) is 28.8 Å². The van der Waals surface area contributed by atoms with Crippen molar-refractivity contribution in [3.8, 4) is 0 Å². The third kappa shape index (κ3) is 5.07. The van der Waals surface area contributed by atoms with Gasteiger partial charge in [0, 0.05) is 25.8 Å². The van der Waals surface area contributed by atoms with Crippen LogP contribution in [0.2, 0.25) is 0 Å². The fourth-order valence-electron chi connectivity index (χ4n) is 2.57. The first-order chi connectivity index (χ1) is 11.7. The topological polar surface area (TPSA) is 58.9 Å². The second-order valence-corrected chi connectivity index (χ2v) is 6.11. The summed E-state index contributed by atoms with van der Waals surface area (Å²) >= 11 is 0. The highest BCUT2D eigenvalue weighted by atomic mass is 19.4. The lowest BCUT2D eigenvalue weighted by Gasteiger charge is -2.17. The average Bonchev–Trinajstić information content (AvgIpc) is 2.94. The number of aromatic nitrogens is 4. The van der Waals surface area contributed by atoms with Gasteiger partial charge in [-0.25, -0.2) is 0 Å². The van der Waals surface area contributed by atoms with Gasteiger partial charge >= 0.3 is 6.18 Å². The number of alkyl halides is 3. The van der Waals surface area contributed by atoms with Crippen LogP contribution < -0.4 is 10.2 Å². The van der Waals surface area contributed by atoms with E-state index in [4.69, 9.17) is 0 Å². The van der Waals surface area contributed by atoms with Gasteiger partial charge < -0.3 is 10.2 Å². The maximum atomic E-state index is 13.0. The van der Waals surface area contributed by atoms with Crippen LogP contribution in [0.1, 0.15) is 29.5 Å². The zero-order valence-corrected chi connectivity index (χ0v) is 14.9. The number of hydrogen-bond acceptors (Lipinski definition) is 5. The van der Waals surface area contributed by atoms with Gasteiger partial charge in [-0.05, 0) is 49.1 Å². The molecule has 0 amide bonds. The molecule has 0 unspecified atom stereocenters. The highest BCUT2D eigenvalue weighted by Crippen LogP contribution is 2.34. The maximum Gasteiger partial charge on any atom is 0.416 e. The average molecular weight is 356 g/mol. The van der Waals surface area contributed by atoms with Crippen molar-refractivity contribution in [1.29, 1.82) is 0 Å². The lowest BCUT2D eigenvalue weighted by atomic mass is 10.0. The molecule has 1 N–H and O–H groups in total. The molecule has 138 valence electrons. The van der Waals surface area contributed by atoms with E-state index in [-0.39, 0.29) is 5.56 Å². The van der Waals surface area contributed by atoms with E-state index in [0.717, 1.165) is 24.9 Å². The van der Waals surface area contributed by atoms with Crippen molar-refractivity contribution in [2.75, 3.05) is 30.4 Å². The first-order valence-electron chi connectivity index (χ1n) is 8.06. The second kappa shape index (κ2) is 7.71. The third-order valence-electron chi connectivity index (χ3n) is 3.95. The molecule has 0 bridgehead atoms. The van der Waals surface area contributed by atoms with Crippen molar-refractivity contribution < 1.29 is 13.2 Å². The molecule has 2 aromatic rings. The zero-order chi connectivity index (χ0) is 18.6. The molecule has 0 aliphatic carbocycles. The quantitative estimate of drug-likeness (QED) is 0.772. The van der Waals surface area contributed by atoms with Gasteiger partial charge in [-0.2, -0.15) is 18.0 Å². The molecule has 9 heteroatoms. The molecular weight excluding hydrogens is 333 g/mol. The Bertz CT molecular complexity index is 710. The van der Waals surface area contributed by atoms with Gasteiger partial charge in [0.15, 0.2) is 0 Å². The SMILES string of the molecule is Cc1cc(C)c(C(F)(F)F)cc1NCCCCN(C)c1nnn(C)n1. The van der Waals surface area contributed by atoms with Crippen LogP contribution in [0, 0.1) is 13.8 Å². The highest BCUT2D eigenvalue weighted by Gasteiger charge is 2.32. The Morgan fingerprint density at radius 1 is 1.16 bits per heavy atom. The monoisotopic (exact) mass is 356 g/mol. The molecular formula is C16H23F3N6. The van der Waals surface area contributed by atoms with Crippen molar-refractivity contribution in [2.45, 2.75) is 32.9 Å². The first kappa shape index (κ1) is 19.0. The maximum absolute atomic E-state index is 13.0. The van der Waals surface area contributed by atoms with Gasteiger partial charge in [0.05, 0.1) is 12.6 Å². The summed E-state index contributed by atoms with van der Waals surface area (Å²) in [4.78, 5) is 3.29. The Balaban J connectivity index is 1.83. The Morgan fingerprint density at radius 2 is 1.88 bits per heavy atom. The molecule has 0 aliphatic rings. The van der Waals surface area contributed by atoms with E-state index in [2.05, 4.69) is 20.7 Å². The Labute approximate surface area is 145 Å². The van der Waals surface area contributed by atoms with Crippen LogP contribution >= 0.6 is 0 Å². The van der Waals surface area contributed by atoms with E-state index in [0.29, 0.717) is 18.2 Å². The van der Waals surface area contributed by atoms with Crippen LogP contribution in [0.3, 0.4) is 0 Å². The van der Waals surface area contributed by atoms with Gasteiger partial charge in [-0.1, -0.05) is 11.2 Å². The molecule has 1 heterocycles. The van der Waals surface area contributed by atoms with Crippen molar-refractivity contribution >= 4 is 11.6 Å². The van der Waals surface area contributed by atoms with Crippen molar-refractivity contribution in [2.24, 2.45) is 7.05 Å². The van der Waals surface area contributed by atoms with E-state index in [1.807, 2.05) is 18.9 Å². The summed E-state index contributed by atoms with van der Waals surface area (Å²) in [5, 5.41) is 14.9. The number of aryl methyl sites for hydroxylation is 3. The predicted molar refractivity (Wildman–Crippen MR) is 90.7 cm³/mol. The number of nitrogens with one attached hydrogen (secondary N) is 1. The molecule has 0 aliphatic heterocycles. The largest absolute Gasteiger partial charge is 0.416 e. The Kier molecular flexibility index (Phi) is 5.86. The molecule has 0 saturated heterocycles. The minimum Gasteiger partial charge on any atom is -0.385 e. The number of hydrogen-bond donors (Lipinski definition) is 1. The number of benzene rings is 1. The van der Waals surface area contributed by atoms with E-state index in [1.54, 1.807) is 13.1 Å².